The average Bonchev–Trinajstić information content (AvgIpc) is 3.36. The van der Waals surface area contributed by atoms with E-state index in [1.807, 2.05) is 0 Å². The molecule has 6 nitrogen and oxygen atoms in total. The van der Waals surface area contributed by atoms with Crippen LogP contribution in [0.25, 0.3) is 0 Å². The maximum atomic E-state index is 12.9. The van der Waals surface area contributed by atoms with Crippen molar-refractivity contribution in [3.8, 4) is 0 Å². The monoisotopic (exact) mass is 989 g/mol. The first kappa shape index (κ1) is 68.4. The normalized spacial score (nSPS) is 11.9. The Morgan fingerprint density at radius 3 is 0.571 bits per heavy atom. The minimum atomic E-state index is -0.762. The smallest absolute Gasteiger partial charge is 0.306 e. The highest BCUT2D eigenvalue weighted by atomic mass is 16.6. The Morgan fingerprint density at radius 2 is 0.386 bits per heavy atom. The van der Waals surface area contributed by atoms with Crippen LogP contribution in [0.3, 0.4) is 0 Å². The Kier molecular flexibility index (Phi) is 58.6. The van der Waals surface area contributed by atoms with Crippen molar-refractivity contribution in [2.24, 2.45) is 0 Å². The van der Waals surface area contributed by atoms with Crippen LogP contribution in [0.5, 0.6) is 0 Å². The lowest BCUT2D eigenvalue weighted by Crippen LogP contribution is -2.30. The van der Waals surface area contributed by atoms with Gasteiger partial charge in [0.15, 0.2) is 6.10 Å². The summed E-state index contributed by atoms with van der Waals surface area (Å²) in [6, 6.07) is 0. The number of hydrogen-bond donors (Lipinski definition) is 0. The molecule has 0 aliphatic carbocycles. The summed E-state index contributed by atoms with van der Waals surface area (Å²) < 4.78 is 17.0. The fourth-order valence-electron chi connectivity index (χ4n) is 10.0. The number of esters is 3. The van der Waals surface area contributed by atoms with Crippen molar-refractivity contribution in [3.05, 3.63) is 0 Å². The van der Waals surface area contributed by atoms with E-state index in [4.69, 9.17) is 14.2 Å². The highest BCUT2D eigenvalue weighted by Crippen LogP contribution is 2.19. The van der Waals surface area contributed by atoms with E-state index in [1.54, 1.807) is 0 Å². The van der Waals surface area contributed by atoms with E-state index in [-0.39, 0.29) is 31.1 Å². The summed E-state index contributed by atoms with van der Waals surface area (Å²) in [7, 11) is 0. The van der Waals surface area contributed by atoms with Crippen LogP contribution in [0.15, 0.2) is 0 Å². The fourth-order valence-corrected chi connectivity index (χ4v) is 10.0. The molecular weight excluding hydrogens is 865 g/mol. The fraction of sp³-hybridized carbons (Fsp3) is 0.953. The zero-order valence-corrected chi connectivity index (χ0v) is 47.8. The van der Waals surface area contributed by atoms with Crippen molar-refractivity contribution in [3.63, 3.8) is 0 Å². The number of rotatable bonds is 60. The van der Waals surface area contributed by atoms with E-state index in [0.717, 1.165) is 57.8 Å². The van der Waals surface area contributed by atoms with E-state index >= 15 is 0 Å². The van der Waals surface area contributed by atoms with Gasteiger partial charge in [0.25, 0.3) is 0 Å². The summed E-state index contributed by atoms with van der Waals surface area (Å²) in [5.41, 5.74) is 0. The van der Waals surface area contributed by atoms with E-state index in [2.05, 4.69) is 20.8 Å². The summed E-state index contributed by atoms with van der Waals surface area (Å²) in [5, 5.41) is 0. The Labute approximate surface area is 438 Å². The van der Waals surface area contributed by atoms with Crippen molar-refractivity contribution >= 4 is 17.9 Å². The summed E-state index contributed by atoms with van der Waals surface area (Å²) in [6.45, 7) is 6.73. The van der Waals surface area contributed by atoms with Crippen molar-refractivity contribution in [1.29, 1.82) is 0 Å². The molecule has 70 heavy (non-hydrogen) atoms. The molecule has 0 radical (unpaired) electrons. The lowest BCUT2D eigenvalue weighted by atomic mass is 10.0. The summed E-state index contributed by atoms with van der Waals surface area (Å²) in [6.07, 6.45) is 68.2. The van der Waals surface area contributed by atoms with Gasteiger partial charge < -0.3 is 14.2 Å². The van der Waals surface area contributed by atoms with E-state index in [1.165, 1.54) is 276 Å². The van der Waals surface area contributed by atoms with E-state index in [0.29, 0.717) is 19.3 Å². The van der Waals surface area contributed by atoms with Gasteiger partial charge in [-0.05, 0) is 19.3 Å². The van der Waals surface area contributed by atoms with E-state index < -0.39 is 6.10 Å². The van der Waals surface area contributed by atoms with Gasteiger partial charge in [-0.2, -0.15) is 0 Å². The number of ether oxygens (including phenoxy) is 3. The van der Waals surface area contributed by atoms with Crippen LogP contribution in [-0.4, -0.2) is 37.2 Å². The van der Waals surface area contributed by atoms with Crippen LogP contribution in [0.4, 0.5) is 0 Å². The van der Waals surface area contributed by atoms with Crippen LogP contribution < -0.4 is 0 Å². The van der Waals surface area contributed by atoms with Crippen LogP contribution in [0.2, 0.25) is 0 Å². The molecule has 416 valence electrons. The maximum absolute atomic E-state index is 12.9. The predicted octanol–water partition coefficient (Wildman–Crippen LogP) is 21.5. The van der Waals surface area contributed by atoms with Gasteiger partial charge in [-0.1, -0.05) is 335 Å². The quantitative estimate of drug-likeness (QED) is 0.0343. The van der Waals surface area contributed by atoms with Crippen LogP contribution in [-0.2, 0) is 28.6 Å². The summed E-state index contributed by atoms with van der Waals surface area (Å²) >= 11 is 0. The number of carbonyl (C=O) groups excluding carboxylic acids is 3. The molecule has 0 bridgehead atoms. The van der Waals surface area contributed by atoms with Crippen molar-refractivity contribution in [2.45, 2.75) is 380 Å². The van der Waals surface area contributed by atoms with Crippen LogP contribution in [0, 0.1) is 0 Å². The van der Waals surface area contributed by atoms with Gasteiger partial charge >= 0.3 is 17.9 Å². The molecule has 0 aliphatic heterocycles. The summed E-state index contributed by atoms with van der Waals surface area (Å²) in [5.74, 6) is -0.824. The predicted molar refractivity (Wildman–Crippen MR) is 303 cm³/mol. The highest BCUT2D eigenvalue weighted by molar-refractivity contribution is 5.71. The molecule has 0 aromatic carbocycles. The molecule has 0 spiro atoms. The molecule has 0 aromatic heterocycles. The Balaban J connectivity index is 4.26. The Hall–Kier alpha value is -1.59. The molecular formula is C64H124O6. The molecule has 0 unspecified atom stereocenters. The zero-order valence-electron chi connectivity index (χ0n) is 47.8. The third-order valence-corrected chi connectivity index (χ3v) is 14.9. The van der Waals surface area contributed by atoms with Gasteiger partial charge in [0.1, 0.15) is 13.2 Å². The lowest BCUT2D eigenvalue weighted by molar-refractivity contribution is -0.167. The molecule has 6 heteroatoms. The van der Waals surface area contributed by atoms with Gasteiger partial charge in [0.2, 0.25) is 0 Å². The first-order valence-electron chi connectivity index (χ1n) is 32.0. The number of carbonyl (C=O) groups is 3. The second kappa shape index (κ2) is 60.0. The van der Waals surface area contributed by atoms with Gasteiger partial charge in [0, 0.05) is 19.3 Å². The van der Waals surface area contributed by atoms with Crippen molar-refractivity contribution in [2.75, 3.05) is 13.2 Å². The highest BCUT2D eigenvalue weighted by Gasteiger charge is 2.19. The van der Waals surface area contributed by atoms with Gasteiger partial charge in [-0.25, -0.2) is 0 Å². The summed E-state index contributed by atoms with van der Waals surface area (Å²) in [4.78, 5) is 38.3. The molecule has 0 fully saturated rings. The molecule has 0 amide bonds. The van der Waals surface area contributed by atoms with Crippen LogP contribution in [0.1, 0.15) is 374 Å². The lowest BCUT2D eigenvalue weighted by Gasteiger charge is -2.18. The van der Waals surface area contributed by atoms with Crippen LogP contribution >= 0.6 is 0 Å². The minimum absolute atomic E-state index is 0.0605. The Bertz CT molecular complexity index is 1040. The molecule has 0 saturated carbocycles. The number of hydrogen-bond acceptors (Lipinski definition) is 6. The SMILES string of the molecule is CCCCCCCCCCCCCCCCCCCCCC(=O)OC[C@@H](COC(=O)CCCCCCCCCCCCCCCCCCCC)OC(=O)CCCCCCCCCCCCCCCCC. The molecule has 0 aliphatic rings. The van der Waals surface area contributed by atoms with Gasteiger partial charge in [-0.3, -0.25) is 14.4 Å². The first-order chi connectivity index (χ1) is 34.5. The number of unbranched alkanes of at least 4 members (excludes halogenated alkanes) is 49. The molecule has 0 aromatic rings. The standard InChI is InChI=1S/C64H124O6/c1-4-7-10-13-16-19-22-25-28-30-32-34-37-39-42-45-48-51-54-57-63(66)69-60-61(70-64(67)58-55-52-49-46-43-40-35-27-24-21-18-15-12-9-6-3)59-68-62(65)56-53-50-47-44-41-38-36-33-31-29-26-23-20-17-14-11-8-5-2/h61H,4-60H2,1-3H3/t61-/m1/s1. The largest absolute Gasteiger partial charge is 0.462 e. The molecule has 0 N–H and O–H groups in total. The first-order valence-corrected chi connectivity index (χ1v) is 32.0. The van der Waals surface area contributed by atoms with Crippen molar-refractivity contribution < 1.29 is 28.6 Å². The molecule has 0 saturated heterocycles. The van der Waals surface area contributed by atoms with Gasteiger partial charge in [0.05, 0.1) is 0 Å². The second-order valence-corrected chi connectivity index (χ2v) is 22.1. The van der Waals surface area contributed by atoms with Gasteiger partial charge in [-0.15, -0.1) is 0 Å². The van der Waals surface area contributed by atoms with Crippen molar-refractivity contribution in [1.82, 2.24) is 0 Å². The van der Waals surface area contributed by atoms with E-state index in [9.17, 15) is 14.4 Å². The zero-order chi connectivity index (χ0) is 50.7. The average molecular weight is 990 g/mol. The third-order valence-electron chi connectivity index (χ3n) is 14.9. The second-order valence-electron chi connectivity index (χ2n) is 22.1. The molecule has 0 rings (SSSR count). The molecule has 1 atom stereocenters. The maximum Gasteiger partial charge on any atom is 0.306 e. The molecule has 0 heterocycles. The minimum Gasteiger partial charge on any atom is -0.462 e. The Morgan fingerprint density at radius 1 is 0.229 bits per heavy atom. The third kappa shape index (κ3) is 57.3. The topological polar surface area (TPSA) is 78.9 Å².